The lowest BCUT2D eigenvalue weighted by Gasteiger charge is -2.36. The molecule has 286 valence electrons. The predicted molar refractivity (Wildman–Crippen MR) is 221 cm³/mol. The zero-order valence-corrected chi connectivity index (χ0v) is 33.5. The topological polar surface area (TPSA) is 0 Å². The summed E-state index contributed by atoms with van der Waals surface area (Å²) in [5, 5.41) is 0. The number of allylic oxidation sites excluding steroid dienone is 2. The van der Waals surface area contributed by atoms with Crippen molar-refractivity contribution in [3.63, 3.8) is 0 Å². The fraction of sp³-hybridized carbons (Fsp3) is 0.250. The normalized spacial score (nSPS) is 19.6. The molecule has 0 aliphatic heterocycles. The van der Waals surface area contributed by atoms with Gasteiger partial charge < -0.3 is 0 Å². The van der Waals surface area contributed by atoms with Crippen LogP contribution in [0.4, 0.5) is 26.3 Å². The van der Waals surface area contributed by atoms with Crippen LogP contribution in [-0.2, 0) is 16.2 Å². The van der Waals surface area contributed by atoms with Crippen molar-refractivity contribution >= 4 is 39.9 Å². The van der Waals surface area contributed by atoms with Crippen LogP contribution < -0.4 is 0 Å². The van der Waals surface area contributed by atoms with Crippen LogP contribution in [0.2, 0.25) is 0 Å². The van der Waals surface area contributed by atoms with E-state index in [2.05, 4.69) is 48.1 Å². The van der Waals surface area contributed by atoms with Gasteiger partial charge >= 0.3 is 17.8 Å². The van der Waals surface area contributed by atoms with Gasteiger partial charge in [0.05, 0.1) is 5.41 Å². The number of fused-ring (bicyclic) bond motifs is 4. The second-order valence-corrected chi connectivity index (χ2v) is 18.9. The molecule has 0 fully saturated rings. The molecule has 4 aromatic carbocycles. The van der Waals surface area contributed by atoms with Crippen molar-refractivity contribution in [2.45, 2.75) is 75.6 Å². The third kappa shape index (κ3) is 5.46. The molecule has 2 aliphatic carbocycles. The fourth-order valence-electron chi connectivity index (χ4n) is 8.05. The van der Waals surface area contributed by atoms with Crippen molar-refractivity contribution < 1.29 is 26.3 Å². The first-order chi connectivity index (χ1) is 26.2. The molecule has 8 rings (SSSR count). The zero-order valence-electron chi connectivity index (χ0n) is 31.8. The molecule has 1 atom stereocenters. The van der Waals surface area contributed by atoms with Crippen LogP contribution in [0.5, 0.6) is 0 Å². The molecule has 0 radical (unpaired) electrons. The van der Waals surface area contributed by atoms with Gasteiger partial charge in [-0.3, -0.25) is 0 Å². The van der Waals surface area contributed by atoms with Crippen molar-refractivity contribution in [1.82, 2.24) is 0 Å². The van der Waals surface area contributed by atoms with E-state index in [-0.39, 0.29) is 31.7 Å². The summed E-state index contributed by atoms with van der Waals surface area (Å²) in [6.45, 7) is 16.3. The number of alkyl halides is 6. The van der Waals surface area contributed by atoms with E-state index in [0.29, 0.717) is 32.0 Å². The highest BCUT2D eigenvalue weighted by molar-refractivity contribution is 7.18. The second kappa shape index (κ2) is 12.7. The quantitative estimate of drug-likeness (QED) is 0.153. The standard InChI is InChI=1S/C48H40F6S2/c1-8-28-14-16-29(17-15-28)37-26-35-39-40(47(51,52)48(53,54)46(39,49)50)36-27-38(30-18-20-31(21-19-30)43(2,3)4)56-42(36)45(41(35)55-37,33-12-10-9-11-13-33)34-24-22-32(23-25-34)44(5,6)7/h8-27H,1H2,2-7H3. The maximum absolute atomic E-state index is 16.7. The Morgan fingerprint density at radius 3 is 1.32 bits per heavy atom. The number of benzene rings is 4. The maximum Gasteiger partial charge on any atom is 0.380 e. The minimum absolute atomic E-state index is 0.172. The van der Waals surface area contributed by atoms with E-state index in [9.17, 15) is 0 Å². The number of hydrogen-bond donors (Lipinski definition) is 0. The molecule has 56 heavy (non-hydrogen) atoms. The number of rotatable bonds is 5. The Kier molecular flexibility index (Phi) is 8.65. The van der Waals surface area contributed by atoms with Gasteiger partial charge in [0.15, 0.2) is 0 Å². The maximum atomic E-state index is 16.7. The molecular formula is C48H40F6S2. The Morgan fingerprint density at radius 1 is 0.518 bits per heavy atom. The summed E-state index contributed by atoms with van der Waals surface area (Å²) >= 11 is 2.35. The largest absolute Gasteiger partial charge is 0.380 e. The molecule has 1 unspecified atom stereocenters. The fourth-order valence-corrected chi connectivity index (χ4v) is 10.9. The van der Waals surface area contributed by atoms with E-state index < -0.39 is 34.3 Å². The van der Waals surface area contributed by atoms with Crippen LogP contribution in [0.1, 0.15) is 90.2 Å². The van der Waals surface area contributed by atoms with Crippen LogP contribution in [0, 0.1) is 0 Å². The third-order valence-electron chi connectivity index (χ3n) is 11.2. The van der Waals surface area contributed by atoms with Gasteiger partial charge in [0, 0.05) is 41.8 Å². The average Bonchev–Trinajstić information content (AvgIpc) is 3.80. The average molecular weight is 795 g/mol. The summed E-state index contributed by atoms with van der Waals surface area (Å²) in [5.74, 6) is -16.1. The highest BCUT2D eigenvalue weighted by atomic mass is 32.1. The first-order valence-electron chi connectivity index (χ1n) is 18.4. The lowest BCUT2D eigenvalue weighted by atomic mass is 9.69. The molecule has 0 bridgehead atoms. The van der Waals surface area contributed by atoms with Crippen molar-refractivity contribution in [2.24, 2.45) is 0 Å². The lowest BCUT2D eigenvalue weighted by Crippen LogP contribution is -2.49. The van der Waals surface area contributed by atoms with Gasteiger partial charge in [0.2, 0.25) is 0 Å². The Labute approximate surface area is 331 Å². The second-order valence-electron chi connectivity index (χ2n) is 16.8. The van der Waals surface area contributed by atoms with E-state index >= 15 is 26.3 Å². The molecule has 0 nitrogen and oxygen atoms in total. The minimum Gasteiger partial charge on any atom is -0.194 e. The van der Waals surface area contributed by atoms with Crippen LogP contribution in [-0.4, -0.2) is 17.8 Å². The van der Waals surface area contributed by atoms with Gasteiger partial charge in [-0.2, -0.15) is 26.3 Å². The molecule has 0 saturated heterocycles. The van der Waals surface area contributed by atoms with E-state index in [4.69, 9.17) is 0 Å². The molecule has 6 aromatic rings. The van der Waals surface area contributed by atoms with Gasteiger partial charge in [0.1, 0.15) is 0 Å². The van der Waals surface area contributed by atoms with Crippen molar-refractivity contribution in [1.29, 1.82) is 0 Å². The van der Waals surface area contributed by atoms with Crippen molar-refractivity contribution in [3.8, 4) is 20.9 Å². The van der Waals surface area contributed by atoms with Gasteiger partial charge in [-0.25, -0.2) is 0 Å². The molecule has 0 saturated carbocycles. The van der Waals surface area contributed by atoms with Crippen molar-refractivity contribution in [3.05, 3.63) is 171 Å². The Morgan fingerprint density at radius 2 is 0.911 bits per heavy atom. The van der Waals surface area contributed by atoms with E-state index in [0.717, 1.165) is 16.7 Å². The van der Waals surface area contributed by atoms with Crippen LogP contribution in [0.15, 0.2) is 122 Å². The summed E-state index contributed by atoms with van der Waals surface area (Å²) in [7, 11) is 0. The van der Waals surface area contributed by atoms with Crippen LogP contribution >= 0.6 is 22.7 Å². The molecule has 2 heterocycles. The summed E-state index contributed by atoms with van der Waals surface area (Å²) < 4.78 is 98.4. The molecule has 2 aromatic heterocycles. The van der Waals surface area contributed by atoms with Gasteiger partial charge in [-0.05, 0) is 61.9 Å². The summed E-state index contributed by atoms with van der Waals surface area (Å²) in [5.41, 5.74) is 0.315. The predicted octanol–water partition coefficient (Wildman–Crippen LogP) is 14.9. The Bertz CT molecular complexity index is 2500. The lowest BCUT2D eigenvalue weighted by molar-refractivity contribution is -0.254. The summed E-state index contributed by atoms with van der Waals surface area (Å²) in [4.78, 5) is 1.53. The van der Waals surface area contributed by atoms with E-state index in [1.165, 1.54) is 34.8 Å². The number of hydrogen-bond acceptors (Lipinski definition) is 2. The smallest absolute Gasteiger partial charge is 0.194 e. The molecule has 0 N–H and O–H groups in total. The molecule has 0 amide bonds. The van der Waals surface area contributed by atoms with Gasteiger partial charge in [-0.15, -0.1) is 22.7 Å². The monoisotopic (exact) mass is 794 g/mol. The van der Waals surface area contributed by atoms with E-state index in [1.54, 1.807) is 18.2 Å². The number of halogens is 6. The molecule has 8 heteroatoms. The third-order valence-corrected chi connectivity index (χ3v) is 13.8. The summed E-state index contributed by atoms with van der Waals surface area (Å²) in [6, 6.07) is 34.7. The van der Waals surface area contributed by atoms with Gasteiger partial charge in [0.25, 0.3) is 0 Å². The highest BCUT2D eigenvalue weighted by Gasteiger charge is 2.81. The first-order valence-corrected chi connectivity index (χ1v) is 20.1. The SMILES string of the molecule is C=Cc1ccc(-c2cc3c(s2)C(c2ccccc2)(c2ccc(C(C)(C)C)cc2)c2sc(-c4ccc(C(C)(C)C)cc4)cc2C2=C3C(F)(F)C(F)(F)C2(F)F)cc1. The van der Waals surface area contributed by atoms with Crippen LogP contribution in [0.25, 0.3) is 38.1 Å². The molecular weight excluding hydrogens is 755 g/mol. The first kappa shape index (κ1) is 38.2. The van der Waals surface area contributed by atoms with Crippen LogP contribution in [0.3, 0.4) is 0 Å². The Hall–Kier alpha value is -4.66. The summed E-state index contributed by atoms with van der Waals surface area (Å²) in [6.07, 6.45) is 1.67. The molecule has 2 aliphatic rings. The Balaban J connectivity index is 1.55. The van der Waals surface area contributed by atoms with E-state index in [1.807, 2.05) is 91.0 Å². The highest BCUT2D eigenvalue weighted by Crippen LogP contribution is 2.70. The molecule has 0 spiro atoms. The number of thiophene rings is 2. The van der Waals surface area contributed by atoms with Crippen molar-refractivity contribution in [2.75, 3.05) is 0 Å². The van der Waals surface area contributed by atoms with Gasteiger partial charge in [-0.1, -0.05) is 157 Å². The minimum atomic E-state index is -5.69. The zero-order chi connectivity index (χ0) is 40.2.